The molecule has 0 saturated heterocycles. The van der Waals surface area contributed by atoms with E-state index in [1.807, 2.05) is 18.2 Å². The number of nitrogens with two attached hydrogens (primary N) is 1. The summed E-state index contributed by atoms with van der Waals surface area (Å²) in [4.78, 5) is 14.6. The van der Waals surface area contributed by atoms with Crippen molar-refractivity contribution in [2.75, 3.05) is 13.1 Å². The standard InChI is InChI=1S/C14H18N2OS/c1-2-7-16(9-13(15)18)14(17)12-8-10-5-3-4-6-11(10)12/h3-6,12H,2,7-9H2,1H3,(H2,15,18). The summed E-state index contributed by atoms with van der Waals surface area (Å²) >= 11 is 4.91. The Kier molecular flexibility index (Phi) is 3.97. The van der Waals surface area contributed by atoms with Gasteiger partial charge in [-0.3, -0.25) is 4.79 Å². The van der Waals surface area contributed by atoms with E-state index in [4.69, 9.17) is 18.0 Å². The molecule has 0 spiro atoms. The van der Waals surface area contributed by atoms with Crippen molar-refractivity contribution in [2.24, 2.45) is 5.73 Å². The Morgan fingerprint density at radius 3 is 2.83 bits per heavy atom. The topological polar surface area (TPSA) is 46.3 Å². The second kappa shape index (κ2) is 5.48. The van der Waals surface area contributed by atoms with Gasteiger partial charge in [0.05, 0.1) is 17.5 Å². The van der Waals surface area contributed by atoms with Gasteiger partial charge >= 0.3 is 0 Å². The highest BCUT2D eigenvalue weighted by molar-refractivity contribution is 7.80. The zero-order chi connectivity index (χ0) is 13.1. The predicted octanol–water partition coefficient (Wildman–Crippen LogP) is 1.85. The minimum Gasteiger partial charge on any atom is -0.392 e. The van der Waals surface area contributed by atoms with Crippen LogP contribution in [0.5, 0.6) is 0 Å². The second-order valence-electron chi connectivity index (χ2n) is 4.68. The van der Waals surface area contributed by atoms with Crippen LogP contribution in [0.15, 0.2) is 24.3 Å². The van der Waals surface area contributed by atoms with Gasteiger partial charge in [-0.05, 0) is 24.0 Å². The van der Waals surface area contributed by atoms with Crippen LogP contribution in [0.1, 0.15) is 30.4 Å². The molecule has 2 rings (SSSR count). The first-order valence-electron chi connectivity index (χ1n) is 6.28. The van der Waals surface area contributed by atoms with Crippen molar-refractivity contribution >= 4 is 23.1 Å². The van der Waals surface area contributed by atoms with Crippen LogP contribution in [0.2, 0.25) is 0 Å². The van der Waals surface area contributed by atoms with Crippen molar-refractivity contribution in [3.8, 4) is 0 Å². The summed E-state index contributed by atoms with van der Waals surface area (Å²) in [5, 5.41) is 0. The summed E-state index contributed by atoms with van der Waals surface area (Å²) in [6, 6.07) is 8.11. The van der Waals surface area contributed by atoms with Crippen LogP contribution in [0.3, 0.4) is 0 Å². The van der Waals surface area contributed by atoms with E-state index in [0.717, 1.165) is 24.9 Å². The van der Waals surface area contributed by atoms with Crippen LogP contribution in [0.4, 0.5) is 0 Å². The van der Waals surface area contributed by atoms with Crippen LogP contribution in [0, 0.1) is 0 Å². The Bertz CT molecular complexity index is 473. The quantitative estimate of drug-likeness (QED) is 0.824. The van der Waals surface area contributed by atoms with Gasteiger partial charge in [-0.1, -0.05) is 43.4 Å². The molecule has 1 atom stereocenters. The predicted molar refractivity (Wildman–Crippen MR) is 76.5 cm³/mol. The number of rotatable bonds is 5. The van der Waals surface area contributed by atoms with E-state index in [9.17, 15) is 4.79 Å². The van der Waals surface area contributed by atoms with Gasteiger partial charge in [-0.25, -0.2) is 0 Å². The maximum atomic E-state index is 12.4. The second-order valence-corrected chi connectivity index (χ2v) is 5.21. The van der Waals surface area contributed by atoms with Crippen molar-refractivity contribution in [1.82, 2.24) is 4.90 Å². The normalized spacial score (nSPS) is 16.6. The Morgan fingerprint density at radius 1 is 1.50 bits per heavy atom. The maximum Gasteiger partial charge on any atom is 0.230 e. The molecule has 1 aliphatic carbocycles. The van der Waals surface area contributed by atoms with Gasteiger partial charge in [-0.15, -0.1) is 0 Å². The largest absolute Gasteiger partial charge is 0.392 e. The monoisotopic (exact) mass is 262 g/mol. The fraction of sp³-hybridized carbons (Fsp3) is 0.429. The molecule has 1 aliphatic rings. The Morgan fingerprint density at radius 2 is 2.22 bits per heavy atom. The van der Waals surface area contributed by atoms with E-state index in [1.165, 1.54) is 5.56 Å². The molecule has 0 fully saturated rings. The van der Waals surface area contributed by atoms with E-state index in [1.54, 1.807) is 4.90 Å². The first-order valence-corrected chi connectivity index (χ1v) is 6.69. The van der Waals surface area contributed by atoms with Gasteiger partial charge < -0.3 is 10.6 Å². The summed E-state index contributed by atoms with van der Waals surface area (Å²) in [5.41, 5.74) is 7.99. The Labute approximate surface area is 113 Å². The lowest BCUT2D eigenvalue weighted by Gasteiger charge is -2.33. The molecule has 18 heavy (non-hydrogen) atoms. The molecule has 3 nitrogen and oxygen atoms in total. The van der Waals surface area contributed by atoms with Gasteiger partial charge in [0.25, 0.3) is 0 Å². The third kappa shape index (κ3) is 2.53. The fourth-order valence-electron chi connectivity index (χ4n) is 2.42. The molecule has 1 aromatic rings. The van der Waals surface area contributed by atoms with Crippen LogP contribution in [-0.4, -0.2) is 28.9 Å². The maximum absolute atomic E-state index is 12.4. The molecule has 0 heterocycles. The number of carbonyl (C=O) groups is 1. The molecule has 4 heteroatoms. The molecular weight excluding hydrogens is 244 g/mol. The van der Waals surface area contributed by atoms with Crippen molar-refractivity contribution < 1.29 is 4.79 Å². The van der Waals surface area contributed by atoms with Crippen molar-refractivity contribution in [3.63, 3.8) is 0 Å². The third-order valence-corrected chi connectivity index (χ3v) is 3.43. The summed E-state index contributed by atoms with van der Waals surface area (Å²) in [6.07, 6.45) is 1.76. The fourth-order valence-corrected chi connectivity index (χ4v) is 2.58. The van der Waals surface area contributed by atoms with Gasteiger partial charge in [0, 0.05) is 6.54 Å². The summed E-state index contributed by atoms with van der Waals surface area (Å²) in [5.74, 6) is 0.158. The molecule has 2 N–H and O–H groups in total. The van der Waals surface area contributed by atoms with Gasteiger partial charge in [-0.2, -0.15) is 0 Å². The molecule has 1 amide bonds. The van der Waals surface area contributed by atoms with Crippen LogP contribution in [-0.2, 0) is 11.2 Å². The lowest BCUT2D eigenvalue weighted by molar-refractivity contribution is -0.132. The molecule has 1 aromatic carbocycles. The number of fused-ring (bicyclic) bond motifs is 1. The van der Waals surface area contributed by atoms with Gasteiger partial charge in [0.1, 0.15) is 0 Å². The Hall–Kier alpha value is -1.42. The molecular formula is C14H18N2OS. The van der Waals surface area contributed by atoms with E-state index < -0.39 is 0 Å². The minimum absolute atomic E-state index is 0.00194. The number of hydrogen-bond acceptors (Lipinski definition) is 2. The minimum atomic E-state index is 0.00194. The number of carbonyl (C=O) groups excluding carboxylic acids is 1. The molecule has 0 aromatic heterocycles. The zero-order valence-electron chi connectivity index (χ0n) is 10.6. The highest BCUT2D eigenvalue weighted by atomic mass is 32.1. The van der Waals surface area contributed by atoms with Gasteiger partial charge in [0.2, 0.25) is 5.91 Å². The smallest absolute Gasteiger partial charge is 0.230 e. The van der Waals surface area contributed by atoms with E-state index in [-0.39, 0.29) is 11.8 Å². The summed E-state index contributed by atoms with van der Waals surface area (Å²) < 4.78 is 0. The number of thiocarbonyl (C=S) groups is 1. The lowest BCUT2D eigenvalue weighted by Crippen LogP contribution is -2.43. The molecule has 0 saturated carbocycles. The number of amides is 1. The summed E-state index contributed by atoms with van der Waals surface area (Å²) in [6.45, 7) is 3.16. The number of hydrogen-bond donors (Lipinski definition) is 1. The number of nitrogens with zero attached hydrogens (tertiary/aromatic N) is 1. The van der Waals surface area contributed by atoms with E-state index in [0.29, 0.717) is 11.5 Å². The van der Waals surface area contributed by atoms with Crippen molar-refractivity contribution in [3.05, 3.63) is 35.4 Å². The average molecular weight is 262 g/mol. The molecule has 0 bridgehead atoms. The lowest BCUT2D eigenvalue weighted by atomic mass is 9.77. The highest BCUT2D eigenvalue weighted by Crippen LogP contribution is 2.36. The van der Waals surface area contributed by atoms with E-state index in [2.05, 4.69) is 13.0 Å². The van der Waals surface area contributed by atoms with E-state index >= 15 is 0 Å². The third-order valence-electron chi connectivity index (χ3n) is 3.30. The van der Waals surface area contributed by atoms with Gasteiger partial charge in [0.15, 0.2) is 0 Å². The van der Waals surface area contributed by atoms with Crippen molar-refractivity contribution in [1.29, 1.82) is 0 Å². The highest BCUT2D eigenvalue weighted by Gasteiger charge is 2.34. The molecule has 1 unspecified atom stereocenters. The Balaban J connectivity index is 2.09. The van der Waals surface area contributed by atoms with Crippen molar-refractivity contribution in [2.45, 2.75) is 25.7 Å². The molecule has 0 radical (unpaired) electrons. The summed E-state index contributed by atoms with van der Waals surface area (Å²) in [7, 11) is 0. The van der Waals surface area contributed by atoms with Crippen LogP contribution in [0.25, 0.3) is 0 Å². The average Bonchev–Trinajstić information content (AvgIpc) is 2.29. The van der Waals surface area contributed by atoms with Crippen LogP contribution < -0.4 is 5.73 Å². The molecule has 96 valence electrons. The van der Waals surface area contributed by atoms with Crippen LogP contribution >= 0.6 is 12.2 Å². The number of benzene rings is 1. The molecule has 0 aliphatic heterocycles. The first kappa shape index (κ1) is 13.0. The first-order chi connectivity index (χ1) is 8.63. The SMILES string of the molecule is CCCN(CC(N)=S)C(=O)C1Cc2ccccc21. The zero-order valence-corrected chi connectivity index (χ0v) is 11.4.